The summed E-state index contributed by atoms with van der Waals surface area (Å²) in [4.78, 5) is 25.9. The normalized spacial score (nSPS) is 10.2. The second-order valence-electron chi connectivity index (χ2n) is 7.09. The molecule has 10 nitrogen and oxygen atoms in total. The predicted molar refractivity (Wildman–Crippen MR) is 134 cm³/mol. The molecule has 0 radical (unpaired) electrons. The number of hydrogen-bond acceptors (Lipinski definition) is 10. The summed E-state index contributed by atoms with van der Waals surface area (Å²) in [5, 5.41) is 11.6. The van der Waals surface area contributed by atoms with Crippen LogP contribution >= 0.6 is 0 Å². The Labute approximate surface area is 230 Å². The second-order valence-corrected chi connectivity index (χ2v) is 7.09. The van der Waals surface area contributed by atoms with Crippen LogP contribution in [0.2, 0.25) is 0 Å². The summed E-state index contributed by atoms with van der Waals surface area (Å²) in [7, 11) is 9.49. The molecule has 0 aliphatic carbocycles. The van der Waals surface area contributed by atoms with E-state index in [0.29, 0.717) is 17.1 Å². The van der Waals surface area contributed by atoms with Gasteiger partial charge in [-0.3, -0.25) is 0 Å². The van der Waals surface area contributed by atoms with Gasteiger partial charge in [0.1, 0.15) is 11.3 Å². The van der Waals surface area contributed by atoms with Crippen molar-refractivity contribution in [3.8, 4) is 45.6 Å². The molecule has 188 valence electrons. The number of phenols is 1. The molecule has 0 aliphatic heterocycles. The van der Waals surface area contributed by atoms with E-state index in [0.717, 1.165) is 14.2 Å². The van der Waals surface area contributed by atoms with Crippen LogP contribution in [0.25, 0.3) is 21.9 Å². The van der Waals surface area contributed by atoms with Gasteiger partial charge in [-0.15, -0.1) is 0 Å². The fourth-order valence-corrected chi connectivity index (χ4v) is 3.98. The van der Waals surface area contributed by atoms with Crippen molar-refractivity contribution in [1.29, 1.82) is 0 Å². The fourth-order valence-electron chi connectivity index (χ4n) is 3.98. The molecular formula is C25H27NaO10. The van der Waals surface area contributed by atoms with Crippen molar-refractivity contribution < 1.29 is 47.9 Å². The van der Waals surface area contributed by atoms with Crippen LogP contribution in [0.3, 0.4) is 0 Å². The van der Waals surface area contributed by atoms with E-state index < -0.39 is 17.7 Å². The molecule has 3 aromatic rings. The first kappa shape index (κ1) is 28.9. The Morgan fingerprint density at radius 2 is 1.22 bits per heavy atom. The van der Waals surface area contributed by atoms with E-state index >= 15 is 0 Å². The van der Waals surface area contributed by atoms with Gasteiger partial charge < -0.3 is 38.3 Å². The monoisotopic (exact) mass is 510 g/mol. The van der Waals surface area contributed by atoms with Crippen LogP contribution in [0, 0.1) is 0 Å². The van der Waals surface area contributed by atoms with E-state index in [1.54, 1.807) is 18.2 Å². The van der Waals surface area contributed by atoms with E-state index in [1.807, 2.05) is 0 Å². The number of benzene rings is 3. The molecule has 0 atom stereocenters. The van der Waals surface area contributed by atoms with E-state index in [1.165, 1.54) is 41.6 Å². The van der Waals surface area contributed by atoms with Gasteiger partial charge in [0.05, 0.1) is 55.3 Å². The van der Waals surface area contributed by atoms with Crippen molar-refractivity contribution in [2.75, 3.05) is 49.8 Å². The summed E-state index contributed by atoms with van der Waals surface area (Å²) < 4.78 is 37.3. The van der Waals surface area contributed by atoms with Gasteiger partial charge in [-0.25, -0.2) is 9.59 Å². The van der Waals surface area contributed by atoms with Gasteiger partial charge >= 0.3 is 41.5 Å². The van der Waals surface area contributed by atoms with Crippen LogP contribution in [0.15, 0.2) is 24.3 Å². The van der Waals surface area contributed by atoms with Crippen LogP contribution < -0.4 is 23.7 Å². The SMILES string of the molecule is COC(=O)c1c(C(=O)OC)c(-c2ccc(OC)c(OC)c2)c2c(OC)c(OC)c(OC)cc2c1O.[NaH]. The summed E-state index contributed by atoms with van der Waals surface area (Å²) in [6.07, 6.45) is 0. The second kappa shape index (κ2) is 12.1. The standard InChI is InChI=1S/C25H26O10.Na.H/c1-29-14-9-8-12(10-15(14)30-2)17-18-13(11-16(31-3)22(32-4)23(18)33-5)21(26)20(25(28)35-7)19(17)24(27)34-6;;/h8-11,26H,1-7H3;;. The van der Waals surface area contributed by atoms with Crippen molar-refractivity contribution in [2.45, 2.75) is 0 Å². The Kier molecular flexibility index (Phi) is 9.69. The summed E-state index contributed by atoms with van der Waals surface area (Å²) >= 11 is 0. The van der Waals surface area contributed by atoms with Gasteiger partial charge in [-0.1, -0.05) is 6.07 Å². The van der Waals surface area contributed by atoms with Crippen LogP contribution in [0.1, 0.15) is 20.7 Å². The van der Waals surface area contributed by atoms with E-state index in [9.17, 15) is 14.7 Å². The predicted octanol–water partition coefficient (Wildman–Crippen LogP) is 3.18. The number of phenolic OH excluding ortho intramolecular Hbond substituents is 1. The fraction of sp³-hybridized carbons (Fsp3) is 0.280. The number of rotatable bonds is 8. The summed E-state index contributed by atoms with van der Waals surface area (Å²) in [6, 6.07) is 6.40. The van der Waals surface area contributed by atoms with Crippen LogP contribution in [-0.4, -0.2) is 96.4 Å². The molecule has 0 aromatic heterocycles. The zero-order valence-corrected chi connectivity index (χ0v) is 20.4. The average molecular weight is 510 g/mol. The zero-order valence-electron chi connectivity index (χ0n) is 20.4. The number of carbonyl (C=O) groups excluding carboxylic acids is 2. The number of fused-ring (bicyclic) bond motifs is 1. The van der Waals surface area contributed by atoms with Crippen molar-refractivity contribution in [3.05, 3.63) is 35.4 Å². The molecule has 0 bridgehead atoms. The van der Waals surface area contributed by atoms with Crippen molar-refractivity contribution >= 4 is 52.3 Å². The van der Waals surface area contributed by atoms with Gasteiger partial charge in [-0.2, -0.15) is 0 Å². The molecule has 0 saturated carbocycles. The quantitative estimate of drug-likeness (QED) is 0.357. The Balaban J connectivity index is 0.00000456. The minimum absolute atomic E-state index is 0. The summed E-state index contributed by atoms with van der Waals surface area (Å²) in [6.45, 7) is 0. The van der Waals surface area contributed by atoms with Gasteiger partial charge in [0.25, 0.3) is 0 Å². The molecule has 3 rings (SSSR count). The Morgan fingerprint density at radius 3 is 1.72 bits per heavy atom. The third-order valence-corrected chi connectivity index (χ3v) is 5.52. The molecule has 0 amide bonds. The van der Waals surface area contributed by atoms with Gasteiger partial charge in [0, 0.05) is 16.3 Å². The van der Waals surface area contributed by atoms with Crippen LogP contribution in [-0.2, 0) is 9.47 Å². The number of methoxy groups -OCH3 is 7. The third kappa shape index (κ3) is 4.71. The van der Waals surface area contributed by atoms with Gasteiger partial charge in [0.15, 0.2) is 23.0 Å². The average Bonchev–Trinajstić information content (AvgIpc) is 2.90. The molecule has 1 N–H and O–H groups in total. The number of esters is 2. The molecule has 0 fully saturated rings. The Bertz CT molecular complexity index is 1300. The van der Waals surface area contributed by atoms with E-state index in [4.69, 9.17) is 33.2 Å². The molecular weight excluding hydrogens is 483 g/mol. The molecule has 11 heteroatoms. The molecule has 0 aliphatic rings. The van der Waals surface area contributed by atoms with Gasteiger partial charge in [-0.05, 0) is 23.8 Å². The topological polar surface area (TPSA) is 119 Å². The van der Waals surface area contributed by atoms with Crippen molar-refractivity contribution in [3.63, 3.8) is 0 Å². The zero-order chi connectivity index (χ0) is 25.9. The number of carbonyl (C=O) groups is 2. The van der Waals surface area contributed by atoms with E-state index in [2.05, 4.69) is 0 Å². The van der Waals surface area contributed by atoms with E-state index in [-0.39, 0.29) is 74.3 Å². The number of ether oxygens (including phenoxy) is 7. The maximum absolute atomic E-state index is 13.1. The summed E-state index contributed by atoms with van der Waals surface area (Å²) in [5.41, 5.74) is 0.0283. The first-order valence-corrected chi connectivity index (χ1v) is 10.2. The number of aromatic hydroxyl groups is 1. The first-order chi connectivity index (χ1) is 16.8. The van der Waals surface area contributed by atoms with Crippen molar-refractivity contribution in [1.82, 2.24) is 0 Å². The Morgan fingerprint density at radius 1 is 0.667 bits per heavy atom. The third-order valence-electron chi connectivity index (χ3n) is 5.52. The molecule has 0 saturated heterocycles. The minimum atomic E-state index is -0.944. The molecule has 0 spiro atoms. The van der Waals surface area contributed by atoms with Crippen LogP contribution in [0.4, 0.5) is 0 Å². The molecule has 0 unspecified atom stereocenters. The summed E-state index contributed by atoms with van der Waals surface area (Å²) in [5.74, 6) is -0.944. The van der Waals surface area contributed by atoms with Crippen LogP contribution in [0.5, 0.6) is 34.5 Å². The first-order valence-electron chi connectivity index (χ1n) is 10.2. The molecule has 0 heterocycles. The maximum atomic E-state index is 13.1. The molecule has 36 heavy (non-hydrogen) atoms. The molecule has 3 aromatic carbocycles. The Hall–Kier alpha value is -3.34. The number of hydrogen-bond donors (Lipinski definition) is 1. The van der Waals surface area contributed by atoms with Crippen molar-refractivity contribution in [2.24, 2.45) is 0 Å². The van der Waals surface area contributed by atoms with Gasteiger partial charge in [0.2, 0.25) is 5.75 Å².